The van der Waals surface area contributed by atoms with Crippen molar-refractivity contribution in [3.63, 3.8) is 0 Å². The van der Waals surface area contributed by atoms with Crippen molar-refractivity contribution in [1.82, 2.24) is 15.6 Å². The van der Waals surface area contributed by atoms with Crippen LogP contribution in [0.5, 0.6) is 5.75 Å². The first-order chi connectivity index (χ1) is 13.2. The van der Waals surface area contributed by atoms with E-state index in [4.69, 9.17) is 9.15 Å². The third-order valence-electron chi connectivity index (χ3n) is 3.93. The summed E-state index contributed by atoms with van der Waals surface area (Å²) in [5, 5.41) is 6.38. The van der Waals surface area contributed by atoms with Gasteiger partial charge in [-0.25, -0.2) is 4.98 Å². The highest BCUT2D eigenvalue weighted by molar-refractivity contribution is 14.0. The van der Waals surface area contributed by atoms with Crippen molar-refractivity contribution in [3.8, 4) is 17.1 Å². The number of rotatable bonds is 7. The molecule has 0 amide bonds. The summed E-state index contributed by atoms with van der Waals surface area (Å²) >= 11 is 0. The monoisotopic (exact) mass is 492 g/mol. The van der Waals surface area contributed by atoms with Crippen molar-refractivity contribution in [2.45, 2.75) is 13.5 Å². The van der Waals surface area contributed by atoms with Crippen molar-refractivity contribution < 1.29 is 9.15 Å². The molecule has 0 bridgehead atoms. The summed E-state index contributed by atoms with van der Waals surface area (Å²) in [6.07, 6.45) is 1.74. The van der Waals surface area contributed by atoms with E-state index in [-0.39, 0.29) is 24.0 Å². The van der Waals surface area contributed by atoms with Crippen LogP contribution < -0.4 is 15.4 Å². The average molecular weight is 492 g/mol. The van der Waals surface area contributed by atoms with E-state index in [1.807, 2.05) is 42.5 Å². The van der Waals surface area contributed by atoms with E-state index in [0.717, 1.165) is 17.1 Å². The van der Waals surface area contributed by atoms with Gasteiger partial charge in [0.15, 0.2) is 11.7 Å². The lowest BCUT2D eigenvalue weighted by Gasteiger charge is -2.11. The number of para-hydroxylation sites is 1. The quantitative estimate of drug-likeness (QED) is 0.226. The van der Waals surface area contributed by atoms with Crippen LogP contribution in [0.1, 0.15) is 11.5 Å². The van der Waals surface area contributed by atoms with Gasteiger partial charge >= 0.3 is 0 Å². The van der Waals surface area contributed by atoms with E-state index in [0.29, 0.717) is 31.5 Å². The Morgan fingerprint density at radius 3 is 2.54 bits per heavy atom. The summed E-state index contributed by atoms with van der Waals surface area (Å²) in [6, 6.07) is 17.9. The van der Waals surface area contributed by atoms with Crippen molar-refractivity contribution >= 4 is 29.9 Å². The molecule has 0 saturated heterocycles. The number of guanidine groups is 1. The van der Waals surface area contributed by atoms with Crippen LogP contribution in [-0.2, 0) is 6.54 Å². The number of benzene rings is 2. The van der Waals surface area contributed by atoms with Crippen LogP contribution in [0.25, 0.3) is 11.3 Å². The van der Waals surface area contributed by atoms with Gasteiger partial charge in [0.2, 0.25) is 5.89 Å². The van der Waals surface area contributed by atoms with E-state index in [1.165, 1.54) is 5.56 Å². The van der Waals surface area contributed by atoms with Crippen LogP contribution in [0, 0.1) is 6.92 Å². The SMILES string of the molecule is CN=C(NCCOc1ccccc1)NCc1ncc(-c2ccc(C)cc2)o1.I. The fourth-order valence-corrected chi connectivity index (χ4v) is 2.48. The van der Waals surface area contributed by atoms with Gasteiger partial charge in [0.05, 0.1) is 19.3 Å². The van der Waals surface area contributed by atoms with Gasteiger partial charge in [-0.1, -0.05) is 48.0 Å². The fraction of sp³-hybridized carbons (Fsp3) is 0.238. The first kappa shape index (κ1) is 21.7. The topological polar surface area (TPSA) is 71.7 Å². The van der Waals surface area contributed by atoms with Crippen LogP contribution in [0.3, 0.4) is 0 Å². The van der Waals surface area contributed by atoms with Gasteiger partial charge in [-0.2, -0.15) is 0 Å². The fourth-order valence-electron chi connectivity index (χ4n) is 2.48. The van der Waals surface area contributed by atoms with E-state index in [1.54, 1.807) is 13.2 Å². The molecule has 3 rings (SSSR count). The van der Waals surface area contributed by atoms with E-state index in [2.05, 4.69) is 39.7 Å². The highest BCUT2D eigenvalue weighted by Gasteiger charge is 2.07. The molecule has 148 valence electrons. The summed E-state index contributed by atoms with van der Waals surface area (Å²) in [5.41, 5.74) is 2.23. The Hall–Kier alpha value is -2.55. The largest absolute Gasteiger partial charge is 0.492 e. The molecule has 0 atom stereocenters. The molecule has 1 aromatic heterocycles. The maximum atomic E-state index is 5.81. The molecule has 1 heterocycles. The molecule has 0 unspecified atom stereocenters. The number of hydrogen-bond acceptors (Lipinski definition) is 4. The molecule has 2 aromatic carbocycles. The standard InChI is InChI=1S/C21H24N4O2.HI/c1-16-8-10-17(11-9-16)19-14-24-20(27-19)15-25-21(22-2)23-12-13-26-18-6-4-3-5-7-18;/h3-11,14H,12-13,15H2,1-2H3,(H2,22,23,25);1H. The molecule has 0 spiro atoms. The summed E-state index contributed by atoms with van der Waals surface area (Å²) in [6.45, 7) is 3.68. The van der Waals surface area contributed by atoms with E-state index in [9.17, 15) is 0 Å². The third-order valence-corrected chi connectivity index (χ3v) is 3.93. The Kier molecular flexibility index (Phi) is 8.80. The van der Waals surface area contributed by atoms with Gasteiger partial charge in [-0.15, -0.1) is 24.0 Å². The second kappa shape index (κ2) is 11.3. The predicted molar refractivity (Wildman–Crippen MR) is 122 cm³/mol. The number of halogens is 1. The van der Waals surface area contributed by atoms with Crippen molar-refractivity contribution in [1.29, 1.82) is 0 Å². The van der Waals surface area contributed by atoms with Crippen molar-refractivity contribution in [3.05, 3.63) is 72.2 Å². The van der Waals surface area contributed by atoms with Crippen LogP contribution in [-0.4, -0.2) is 31.1 Å². The minimum absolute atomic E-state index is 0. The number of ether oxygens (including phenoxy) is 1. The maximum Gasteiger partial charge on any atom is 0.214 e. The van der Waals surface area contributed by atoms with E-state index >= 15 is 0 Å². The lowest BCUT2D eigenvalue weighted by atomic mass is 10.1. The van der Waals surface area contributed by atoms with E-state index < -0.39 is 0 Å². The Labute approximate surface area is 182 Å². The Balaban J connectivity index is 0.00000280. The number of hydrogen-bond donors (Lipinski definition) is 2. The number of aromatic nitrogens is 1. The lowest BCUT2D eigenvalue weighted by Crippen LogP contribution is -2.38. The Morgan fingerprint density at radius 2 is 1.82 bits per heavy atom. The maximum absolute atomic E-state index is 5.81. The number of nitrogens with zero attached hydrogens (tertiary/aromatic N) is 2. The number of aryl methyl sites for hydroxylation is 1. The zero-order valence-corrected chi connectivity index (χ0v) is 18.3. The van der Waals surface area contributed by atoms with Gasteiger partial charge in [0.25, 0.3) is 0 Å². The molecule has 2 N–H and O–H groups in total. The van der Waals surface area contributed by atoms with Crippen LogP contribution in [0.15, 0.2) is 70.2 Å². The number of aliphatic imine (C=N–C) groups is 1. The highest BCUT2D eigenvalue weighted by Crippen LogP contribution is 2.20. The molecule has 0 saturated carbocycles. The molecule has 7 heteroatoms. The zero-order valence-electron chi connectivity index (χ0n) is 16.0. The average Bonchev–Trinajstić information content (AvgIpc) is 3.18. The highest BCUT2D eigenvalue weighted by atomic mass is 127. The summed E-state index contributed by atoms with van der Waals surface area (Å²) in [5.74, 6) is 2.88. The molecule has 0 aliphatic heterocycles. The molecule has 0 aliphatic rings. The first-order valence-electron chi connectivity index (χ1n) is 8.89. The van der Waals surface area contributed by atoms with Gasteiger partial charge in [0, 0.05) is 12.6 Å². The van der Waals surface area contributed by atoms with Crippen LogP contribution >= 0.6 is 24.0 Å². The Morgan fingerprint density at radius 1 is 1.07 bits per heavy atom. The molecule has 0 aliphatic carbocycles. The van der Waals surface area contributed by atoms with Crippen molar-refractivity contribution in [2.24, 2.45) is 4.99 Å². The normalized spacial score (nSPS) is 10.9. The summed E-state index contributed by atoms with van der Waals surface area (Å²) in [7, 11) is 1.72. The minimum Gasteiger partial charge on any atom is -0.492 e. The second-order valence-electron chi connectivity index (χ2n) is 6.00. The number of nitrogens with one attached hydrogen (secondary N) is 2. The van der Waals surface area contributed by atoms with Crippen molar-refractivity contribution in [2.75, 3.05) is 20.2 Å². The molecule has 0 radical (unpaired) electrons. The van der Waals surface area contributed by atoms with Gasteiger partial charge < -0.3 is 19.8 Å². The number of oxazole rings is 1. The first-order valence-corrected chi connectivity index (χ1v) is 8.89. The minimum atomic E-state index is 0. The molecule has 3 aromatic rings. The van der Waals surface area contributed by atoms with Gasteiger partial charge in [-0.05, 0) is 19.1 Å². The van der Waals surface area contributed by atoms with Gasteiger partial charge in [-0.3, -0.25) is 4.99 Å². The van der Waals surface area contributed by atoms with Crippen LogP contribution in [0.2, 0.25) is 0 Å². The molecule has 0 fully saturated rings. The van der Waals surface area contributed by atoms with Crippen LogP contribution in [0.4, 0.5) is 0 Å². The van der Waals surface area contributed by atoms with Gasteiger partial charge in [0.1, 0.15) is 12.4 Å². The zero-order chi connectivity index (χ0) is 18.9. The molecular weight excluding hydrogens is 467 g/mol. The smallest absolute Gasteiger partial charge is 0.214 e. The Bertz CT molecular complexity index is 864. The summed E-state index contributed by atoms with van der Waals surface area (Å²) in [4.78, 5) is 8.51. The molecule has 6 nitrogen and oxygen atoms in total. The summed E-state index contributed by atoms with van der Waals surface area (Å²) < 4.78 is 11.5. The third kappa shape index (κ3) is 6.56. The predicted octanol–water partition coefficient (Wildman–Crippen LogP) is 4.01. The molecular formula is C21H25IN4O2. The second-order valence-corrected chi connectivity index (χ2v) is 6.00. The lowest BCUT2D eigenvalue weighted by molar-refractivity contribution is 0.322. The molecule has 28 heavy (non-hydrogen) atoms.